The molecule has 0 saturated carbocycles. The fraction of sp³-hybridized carbons (Fsp3) is 0.182. The molecular weight excluding hydrogens is 242 g/mol. The summed E-state index contributed by atoms with van der Waals surface area (Å²) < 4.78 is 10.0. The Kier molecular flexibility index (Phi) is 3.39. The van der Waals surface area contributed by atoms with E-state index in [1.807, 2.05) is 12.1 Å². The number of aromatic nitrogens is 2. The number of hydrogen-bond acceptors (Lipinski definition) is 5. The van der Waals surface area contributed by atoms with Crippen LogP contribution in [0.2, 0.25) is 5.02 Å². The summed E-state index contributed by atoms with van der Waals surface area (Å²) in [5.74, 6) is 0.270. The van der Waals surface area contributed by atoms with Gasteiger partial charge in [0.2, 0.25) is 0 Å². The van der Waals surface area contributed by atoms with Crippen molar-refractivity contribution in [3.63, 3.8) is 0 Å². The SMILES string of the molecule is CCOC(=N)c1noc(-c2ccccc2Cl)n1. The minimum atomic E-state index is -0.116. The first-order chi connectivity index (χ1) is 8.22. The lowest BCUT2D eigenvalue weighted by molar-refractivity contribution is 0.320. The van der Waals surface area contributed by atoms with Crippen LogP contribution in [0.5, 0.6) is 0 Å². The number of benzene rings is 1. The maximum atomic E-state index is 7.52. The Morgan fingerprint density at radius 2 is 2.24 bits per heavy atom. The van der Waals surface area contributed by atoms with E-state index in [9.17, 15) is 0 Å². The molecule has 0 spiro atoms. The summed E-state index contributed by atoms with van der Waals surface area (Å²) in [5.41, 5.74) is 0.636. The van der Waals surface area contributed by atoms with Gasteiger partial charge in [0.05, 0.1) is 17.2 Å². The molecule has 2 rings (SSSR count). The molecule has 1 aromatic heterocycles. The van der Waals surface area contributed by atoms with Gasteiger partial charge in [0.25, 0.3) is 17.6 Å². The summed E-state index contributed by atoms with van der Waals surface area (Å²) in [6.07, 6.45) is 0. The lowest BCUT2D eigenvalue weighted by Crippen LogP contribution is -2.06. The fourth-order valence-electron chi connectivity index (χ4n) is 1.27. The van der Waals surface area contributed by atoms with Crippen LogP contribution in [0.3, 0.4) is 0 Å². The third-order valence-corrected chi connectivity index (χ3v) is 2.35. The molecule has 0 amide bonds. The molecule has 0 atom stereocenters. The molecule has 88 valence electrons. The van der Waals surface area contributed by atoms with Gasteiger partial charge in [0, 0.05) is 0 Å². The quantitative estimate of drug-likeness (QED) is 0.672. The molecule has 0 bridgehead atoms. The van der Waals surface area contributed by atoms with Gasteiger partial charge in [-0.05, 0) is 19.1 Å². The van der Waals surface area contributed by atoms with Crippen LogP contribution in [-0.4, -0.2) is 22.6 Å². The zero-order chi connectivity index (χ0) is 12.3. The molecule has 17 heavy (non-hydrogen) atoms. The number of hydrogen-bond donors (Lipinski definition) is 1. The van der Waals surface area contributed by atoms with Crippen molar-refractivity contribution in [3.8, 4) is 11.5 Å². The van der Waals surface area contributed by atoms with Gasteiger partial charge in [0.15, 0.2) is 0 Å². The highest BCUT2D eigenvalue weighted by Crippen LogP contribution is 2.25. The maximum Gasteiger partial charge on any atom is 0.259 e. The van der Waals surface area contributed by atoms with Crippen LogP contribution in [0.1, 0.15) is 12.7 Å². The van der Waals surface area contributed by atoms with Crippen molar-refractivity contribution in [2.24, 2.45) is 0 Å². The zero-order valence-corrected chi connectivity index (χ0v) is 9.86. The smallest absolute Gasteiger partial charge is 0.259 e. The van der Waals surface area contributed by atoms with E-state index < -0.39 is 0 Å². The summed E-state index contributed by atoms with van der Waals surface area (Å²) in [6.45, 7) is 2.17. The van der Waals surface area contributed by atoms with E-state index in [1.165, 1.54) is 0 Å². The van der Waals surface area contributed by atoms with Gasteiger partial charge in [-0.15, -0.1) is 0 Å². The molecule has 6 heteroatoms. The van der Waals surface area contributed by atoms with Crippen LogP contribution in [0, 0.1) is 5.41 Å². The second kappa shape index (κ2) is 4.97. The van der Waals surface area contributed by atoms with Crippen LogP contribution >= 0.6 is 11.6 Å². The average molecular weight is 252 g/mol. The summed E-state index contributed by atoms with van der Waals surface area (Å²) >= 11 is 6.00. The summed E-state index contributed by atoms with van der Waals surface area (Å²) in [5, 5.41) is 11.7. The molecule has 0 aliphatic rings. The first-order valence-electron chi connectivity index (χ1n) is 5.02. The second-order valence-corrected chi connectivity index (χ2v) is 3.57. The molecule has 0 unspecified atom stereocenters. The second-order valence-electron chi connectivity index (χ2n) is 3.17. The van der Waals surface area contributed by atoms with Gasteiger partial charge in [0.1, 0.15) is 0 Å². The van der Waals surface area contributed by atoms with Crippen molar-refractivity contribution in [1.82, 2.24) is 10.1 Å². The van der Waals surface area contributed by atoms with Gasteiger partial charge in [-0.2, -0.15) is 4.98 Å². The van der Waals surface area contributed by atoms with Gasteiger partial charge in [-0.3, -0.25) is 5.41 Å². The Bertz CT molecular complexity index is 539. The lowest BCUT2D eigenvalue weighted by Gasteiger charge is -1.97. The Morgan fingerprint density at radius 3 is 2.94 bits per heavy atom. The highest BCUT2D eigenvalue weighted by molar-refractivity contribution is 6.33. The fourth-order valence-corrected chi connectivity index (χ4v) is 1.49. The van der Waals surface area contributed by atoms with Crippen molar-refractivity contribution < 1.29 is 9.26 Å². The molecule has 1 N–H and O–H groups in total. The van der Waals surface area contributed by atoms with Crippen LogP contribution in [0.4, 0.5) is 0 Å². The number of rotatable bonds is 3. The predicted molar refractivity (Wildman–Crippen MR) is 63.2 cm³/mol. The normalized spacial score (nSPS) is 10.2. The highest BCUT2D eigenvalue weighted by Gasteiger charge is 2.15. The standard InChI is InChI=1S/C11H10ClN3O2/c1-2-16-9(13)10-14-11(17-15-10)7-5-3-4-6-8(7)12/h3-6,13H,2H2,1H3. The van der Waals surface area contributed by atoms with Gasteiger partial charge < -0.3 is 9.26 Å². The first kappa shape index (κ1) is 11.6. The van der Waals surface area contributed by atoms with Crippen LogP contribution in [0.25, 0.3) is 11.5 Å². The molecule has 0 fully saturated rings. The van der Waals surface area contributed by atoms with Crippen molar-refractivity contribution in [2.75, 3.05) is 6.61 Å². The number of ether oxygens (including phenoxy) is 1. The molecule has 1 heterocycles. The molecule has 0 aliphatic heterocycles. The van der Waals surface area contributed by atoms with E-state index in [0.717, 1.165) is 0 Å². The Morgan fingerprint density at radius 1 is 1.47 bits per heavy atom. The Balaban J connectivity index is 2.30. The minimum absolute atomic E-state index is 0.113. The van der Waals surface area contributed by atoms with Crippen molar-refractivity contribution in [2.45, 2.75) is 6.92 Å². The van der Waals surface area contributed by atoms with Gasteiger partial charge in [-0.25, -0.2) is 0 Å². The molecule has 0 saturated heterocycles. The summed E-state index contributed by atoms with van der Waals surface area (Å²) in [4.78, 5) is 4.05. The van der Waals surface area contributed by atoms with E-state index in [1.54, 1.807) is 19.1 Å². The van der Waals surface area contributed by atoms with E-state index in [2.05, 4.69) is 10.1 Å². The lowest BCUT2D eigenvalue weighted by atomic mass is 10.2. The monoisotopic (exact) mass is 251 g/mol. The molecule has 0 radical (unpaired) electrons. The van der Waals surface area contributed by atoms with Gasteiger partial charge in [-0.1, -0.05) is 28.9 Å². The van der Waals surface area contributed by atoms with Crippen molar-refractivity contribution in [1.29, 1.82) is 5.41 Å². The molecular formula is C11H10ClN3O2. The third kappa shape index (κ3) is 2.45. The first-order valence-corrected chi connectivity index (χ1v) is 5.40. The van der Waals surface area contributed by atoms with Crippen molar-refractivity contribution >= 4 is 17.5 Å². The molecule has 2 aromatic rings. The van der Waals surface area contributed by atoms with Crippen LogP contribution in [0.15, 0.2) is 28.8 Å². The van der Waals surface area contributed by atoms with Crippen LogP contribution in [-0.2, 0) is 4.74 Å². The van der Waals surface area contributed by atoms with E-state index in [4.69, 9.17) is 26.3 Å². The topological polar surface area (TPSA) is 72.0 Å². The minimum Gasteiger partial charge on any atom is -0.476 e. The van der Waals surface area contributed by atoms with Gasteiger partial charge >= 0.3 is 0 Å². The largest absolute Gasteiger partial charge is 0.476 e. The van der Waals surface area contributed by atoms with Crippen molar-refractivity contribution in [3.05, 3.63) is 35.1 Å². The van der Waals surface area contributed by atoms with E-state index in [-0.39, 0.29) is 17.6 Å². The average Bonchev–Trinajstić information content (AvgIpc) is 2.79. The van der Waals surface area contributed by atoms with E-state index >= 15 is 0 Å². The summed E-state index contributed by atoms with van der Waals surface area (Å²) in [6, 6.07) is 7.13. The Hall–Kier alpha value is -1.88. The number of halogens is 1. The zero-order valence-electron chi connectivity index (χ0n) is 9.11. The van der Waals surface area contributed by atoms with Crippen LogP contribution < -0.4 is 0 Å². The summed E-state index contributed by atoms with van der Waals surface area (Å²) in [7, 11) is 0. The molecule has 5 nitrogen and oxygen atoms in total. The maximum absolute atomic E-state index is 7.52. The highest BCUT2D eigenvalue weighted by atomic mass is 35.5. The number of nitrogens with one attached hydrogen (secondary N) is 1. The Labute approximate surface area is 103 Å². The molecule has 0 aliphatic carbocycles. The number of nitrogens with zero attached hydrogens (tertiary/aromatic N) is 2. The molecule has 1 aromatic carbocycles. The van der Waals surface area contributed by atoms with E-state index in [0.29, 0.717) is 17.2 Å². The third-order valence-electron chi connectivity index (χ3n) is 2.02. The predicted octanol–water partition coefficient (Wildman–Crippen LogP) is 2.75.